The van der Waals surface area contributed by atoms with E-state index in [2.05, 4.69) is 190 Å². The topological polar surface area (TPSA) is 56.5 Å². The zero-order valence-corrected chi connectivity index (χ0v) is 46.2. The van der Waals surface area contributed by atoms with Crippen molar-refractivity contribution in [2.24, 2.45) is 5.92 Å². The Bertz CT molecular complexity index is 3880. The number of para-hydroxylation sites is 1. The standard InChI is InChI=1S/C45H35N4S.C18H23FNSi.Ir/c1-27(2)29(4)38-26-24-36-35-19-12-20-37(43(35)50-45(36)48-38)44-47-39-25-23-32-22-21-28(3)46-40(32)42(39)49(44)41-33(30-13-7-5-8-14-30)17-11-18-34(41)31-15-9-6-10-16-31;1-12(2)15-10-17(20-11-18(15)21(4,5)6)14-8-7-13(3)9-16(14)19;/h5-19,21-27,29H,1-4H3;7,9-12H,1-6H3;/q2*-1;/i;3D3,12D;. The number of aromatic nitrogens is 5. The first-order valence-corrected chi connectivity index (χ1v) is 28.5. The van der Waals surface area contributed by atoms with Crippen molar-refractivity contribution < 1.29 is 30.0 Å². The van der Waals surface area contributed by atoms with Crippen molar-refractivity contribution in [2.75, 3.05) is 0 Å². The van der Waals surface area contributed by atoms with Gasteiger partial charge in [0.05, 0.1) is 36.1 Å². The molecule has 0 spiro atoms. The molecule has 0 amide bonds. The number of aryl methyl sites for hydroxylation is 2. The molecule has 11 rings (SSSR count). The average Bonchev–Trinajstić information content (AvgIpc) is 4.09. The Morgan fingerprint density at radius 3 is 2.07 bits per heavy atom. The van der Waals surface area contributed by atoms with Crippen LogP contribution in [0.25, 0.3) is 92.8 Å². The van der Waals surface area contributed by atoms with Crippen LogP contribution >= 0.6 is 11.3 Å². The number of hydrogen-bond acceptors (Lipinski definition) is 5. The molecule has 0 fully saturated rings. The van der Waals surface area contributed by atoms with Crippen LogP contribution in [0.4, 0.5) is 4.39 Å². The fourth-order valence-corrected chi connectivity index (χ4v) is 12.1. The van der Waals surface area contributed by atoms with E-state index in [-0.39, 0.29) is 31.2 Å². The number of halogens is 1. The van der Waals surface area contributed by atoms with E-state index in [0.717, 1.165) is 99.0 Å². The molecule has 1 unspecified atom stereocenters. The van der Waals surface area contributed by atoms with Crippen molar-refractivity contribution in [3.8, 4) is 50.6 Å². The van der Waals surface area contributed by atoms with Gasteiger partial charge < -0.3 is 9.55 Å². The minimum atomic E-state index is -2.38. The number of hydrogen-bond donors (Lipinski definition) is 0. The van der Waals surface area contributed by atoms with Crippen LogP contribution < -0.4 is 5.19 Å². The number of thiophene rings is 1. The van der Waals surface area contributed by atoms with Gasteiger partial charge in [0.2, 0.25) is 0 Å². The molecule has 6 aromatic carbocycles. The van der Waals surface area contributed by atoms with E-state index in [0.29, 0.717) is 17.5 Å². The number of pyridine rings is 3. The molecule has 5 heterocycles. The van der Waals surface area contributed by atoms with Crippen LogP contribution in [0.5, 0.6) is 0 Å². The Morgan fingerprint density at radius 2 is 1.43 bits per heavy atom. The smallest absolute Gasteiger partial charge is 0.114 e. The van der Waals surface area contributed by atoms with Gasteiger partial charge in [-0.15, -0.1) is 42.0 Å². The molecule has 1 radical (unpaired) electrons. The monoisotopic (exact) mass is 1160 g/mol. The zero-order chi connectivity index (χ0) is 53.1. The van der Waals surface area contributed by atoms with Gasteiger partial charge in [-0.1, -0.05) is 186 Å². The first-order valence-electron chi connectivity index (χ1n) is 26.2. The summed E-state index contributed by atoms with van der Waals surface area (Å²) in [6.07, 6.45) is 1.73. The first kappa shape index (κ1) is 45.4. The van der Waals surface area contributed by atoms with Crippen molar-refractivity contribution in [2.45, 2.75) is 79.8 Å². The molecule has 0 saturated carbocycles. The molecule has 0 aliphatic heterocycles. The zero-order valence-electron chi connectivity index (χ0n) is 45.9. The second kappa shape index (κ2) is 20.6. The van der Waals surface area contributed by atoms with Gasteiger partial charge in [0.25, 0.3) is 0 Å². The molecule has 5 nitrogen and oxygen atoms in total. The van der Waals surface area contributed by atoms with Crippen LogP contribution in [-0.2, 0) is 20.1 Å². The number of fused-ring (bicyclic) bond motifs is 6. The molecule has 0 saturated heterocycles. The van der Waals surface area contributed by atoms with Gasteiger partial charge >= 0.3 is 0 Å². The van der Waals surface area contributed by atoms with Crippen LogP contribution in [0.2, 0.25) is 19.6 Å². The van der Waals surface area contributed by atoms with Crippen LogP contribution in [-0.4, -0.2) is 32.6 Å². The van der Waals surface area contributed by atoms with Crippen LogP contribution in [0.15, 0.2) is 152 Å². The Labute approximate surface area is 447 Å². The predicted octanol–water partition coefficient (Wildman–Crippen LogP) is 16.9. The second-order valence-corrected chi connectivity index (χ2v) is 26.0. The van der Waals surface area contributed by atoms with Crippen molar-refractivity contribution in [3.05, 3.63) is 192 Å². The van der Waals surface area contributed by atoms with Gasteiger partial charge in [-0.05, 0) is 69.0 Å². The summed E-state index contributed by atoms with van der Waals surface area (Å²) in [6, 6.07) is 55.5. The second-order valence-electron chi connectivity index (χ2n) is 20.0. The summed E-state index contributed by atoms with van der Waals surface area (Å²) in [7, 11) is -1.72. The van der Waals surface area contributed by atoms with Gasteiger partial charge in [0.1, 0.15) is 4.83 Å². The third kappa shape index (κ3) is 9.63. The molecule has 0 aliphatic rings. The maximum atomic E-state index is 14.5. The van der Waals surface area contributed by atoms with Gasteiger partial charge in [-0.3, -0.25) is 14.4 Å². The first-order chi connectivity index (χ1) is 35.7. The summed E-state index contributed by atoms with van der Waals surface area (Å²) in [5, 5.41) is 4.48. The molecule has 11 aromatic rings. The third-order valence-corrected chi connectivity index (χ3v) is 16.6. The maximum absolute atomic E-state index is 14.5. The van der Waals surface area contributed by atoms with E-state index >= 15 is 0 Å². The molecule has 0 aliphatic carbocycles. The molecule has 0 bridgehead atoms. The summed E-state index contributed by atoms with van der Waals surface area (Å²) in [4.78, 5) is 21.3. The van der Waals surface area contributed by atoms with Crippen LogP contribution in [0.3, 0.4) is 0 Å². The molecule has 72 heavy (non-hydrogen) atoms. The summed E-state index contributed by atoms with van der Waals surface area (Å²) in [5.41, 5.74) is 12.7. The van der Waals surface area contributed by atoms with Gasteiger partial charge in [0, 0.05) is 71.4 Å². The van der Waals surface area contributed by atoms with E-state index in [4.69, 9.17) is 20.4 Å². The number of imidazole rings is 1. The maximum Gasteiger partial charge on any atom is 0.114 e. The van der Waals surface area contributed by atoms with E-state index in [1.807, 2.05) is 6.07 Å². The van der Waals surface area contributed by atoms with Gasteiger partial charge in [0.15, 0.2) is 0 Å². The summed E-state index contributed by atoms with van der Waals surface area (Å²) < 4.78 is 48.5. The summed E-state index contributed by atoms with van der Waals surface area (Å²) >= 11 is 1.74. The minimum Gasteiger partial charge on any atom is -0.330 e. The Morgan fingerprint density at radius 1 is 0.736 bits per heavy atom. The minimum absolute atomic E-state index is 0. The van der Waals surface area contributed by atoms with E-state index in [1.54, 1.807) is 37.4 Å². The van der Waals surface area contributed by atoms with E-state index in [9.17, 15) is 4.39 Å². The fourth-order valence-electron chi connectivity index (χ4n) is 9.38. The fraction of sp³-hybridized carbons (Fsp3) is 0.206. The summed E-state index contributed by atoms with van der Waals surface area (Å²) in [6.45, 7) is 16.6. The summed E-state index contributed by atoms with van der Waals surface area (Å²) in [5.74, 6) is 0.200. The van der Waals surface area contributed by atoms with Gasteiger partial charge in [-0.25, -0.2) is 4.98 Å². The third-order valence-electron chi connectivity index (χ3n) is 13.5. The molecule has 9 heteroatoms. The normalized spacial score (nSPS) is 13.3. The largest absolute Gasteiger partial charge is 0.330 e. The van der Waals surface area contributed by atoms with Crippen molar-refractivity contribution in [1.82, 2.24) is 24.5 Å². The van der Waals surface area contributed by atoms with E-state index in [1.165, 1.54) is 16.8 Å². The van der Waals surface area contributed by atoms with Crippen molar-refractivity contribution in [1.29, 1.82) is 0 Å². The SMILES string of the molecule is Cc1ccc2ccc3nc(-c4[c-]ccc5c4sc4nc(C(C)C(C)C)ccc45)n(-c4c(-c5ccccc5)cccc4-c4ccccc4)c3c2n1.[2H]C([2H])([2H])c1c[c-]c(-c2cc(C([2H])(C)C)c([Si](C)(C)C)cn2)c(F)c1.[Ir]. The molecule has 363 valence electrons. The van der Waals surface area contributed by atoms with Gasteiger partial charge in [-0.2, -0.15) is 11.3 Å². The molecule has 1 atom stereocenters. The number of nitrogens with zero attached hydrogens (tertiary/aromatic N) is 5. The molecular formula is C63H58FIrN5SSi-2. The molecule has 5 aromatic heterocycles. The average molecular weight is 1160 g/mol. The Kier molecular flexibility index (Phi) is 13.0. The number of rotatable bonds is 9. The van der Waals surface area contributed by atoms with Crippen LogP contribution in [0, 0.1) is 37.6 Å². The molecule has 0 N–H and O–H groups in total. The Balaban J connectivity index is 0.000000230. The van der Waals surface area contributed by atoms with Crippen LogP contribution in [0.1, 0.15) is 74.4 Å². The number of benzene rings is 6. The Hall–Kier alpha value is -6.48. The predicted molar refractivity (Wildman–Crippen MR) is 300 cm³/mol. The quantitative estimate of drug-likeness (QED) is 0.107. The molecular weight excluding hydrogens is 1100 g/mol. The van der Waals surface area contributed by atoms with E-state index < -0.39 is 26.6 Å². The van der Waals surface area contributed by atoms with Crippen molar-refractivity contribution >= 4 is 66.8 Å². The van der Waals surface area contributed by atoms with Crippen molar-refractivity contribution in [3.63, 3.8) is 0 Å².